The molecule has 0 aliphatic heterocycles. The molecule has 0 spiro atoms. The lowest BCUT2D eigenvalue weighted by Crippen LogP contribution is -2.40. The lowest BCUT2D eigenvalue weighted by molar-refractivity contribution is 0.388. The summed E-state index contributed by atoms with van der Waals surface area (Å²) in [7, 11) is 6.18. The van der Waals surface area contributed by atoms with Crippen LogP contribution < -0.4 is 9.22 Å². The Balaban J connectivity index is -0.000000222. The maximum atomic E-state index is 5.20. The molecule has 0 aliphatic carbocycles. The minimum Gasteiger partial charge on any atom is -0.497 e. The third-order valence-electron chi connectivity index (χ3n) is 3.50. The Hall–Kier alpha value is -2.22. The van der Waals surface area contributed by atoms with Gasteiger partial charge < -0.3 is 4.74 Å². The van der Waals surface area contributed by atoms with Crippen molar-refractivity contribution in [1.29, 1.82) is 0 Å². The second kappa shape index (κ2) is 14.2. The molecule has 0 N–H and O–H groups in total. The van der Waals surface area contributed by atoms with E-state index < -0.39 is 0 Å². The van der Waals surface area contributed by atoms with Gasteiger partial charge in [0.05, 0.1) is 21.2 Å². The Kier molecular flexibility index (Phi) is 19.3. The van der Waals surface area contributed by atoms with Crippen LogP contribution >= 0.6 is 0 Å². The van der Waals surface area contributed by atoms with Crippen molar-refractivity contribution in [3.63, 3.8) is 0 Å². The zero-order valence-corrected chi connectivity index (χ0v) is 14.6. The number of hydrogen-bond donors (Lipinski definition) is 0. The minimum atomic E-state index is 0. The number of rotatable bonds is 4. The van der Waals surface area contributed by atoms with E-state index in [2.05, 4.69) is 57.4 Å². The Morgan fingerprint density at radius 2 is 1.24 bits per heavy atom. The molecule has 148 valence electrons. The number of halogens is 6. The number of para-hydroxylation sites is 1. The summed E-state index contributed by atoms with van der Waals surface area (Å²) in [6.07, 6.45) is 0. The number of hydrogen-bond acceptors (Lipinski definition) is 1. The van der Waals surface area contributed by atoms with Crippen LogP contribution in [-0.4, -0.2) is 21.2 Å². The van der Waals surface area contributed by atoms with E-state index in [1.807, 2.05) is 12.1 Å². The van der Waals surface area contributed by atoms with E-state index in [4.69, 9.17) is 4.74 Å². The second-order valence-corrected chi connectivity index (χ2v) is 5.48. The summed E-state index contributed by atoms with van der Waals surface area (Å²) in [5.74, 6) is 0.907. The van der Waals surface area contributed by atoms with Gasteiger partial charge in [-0.15, -0.1) is 0 Å². The standard InChI is InChI=1S/C17H22NO.6FH/c1-14-7-5-6-8-17(14)18(2,3)13-15-9-11-16(19-4)12-10-15;;;;;;/h5-12H,13H2,1-4H3;6*1H/q+1;;;;;;. The van der Waals surface area contributed by atoms with Crippen LogP contribution in [0.15, 0.2) is 48.5 Å². The molecular weight excluding hydrogens is 348 g/mol. The first-order valence-electron chi connectivity index (χ1n) is 6.55. The van der Waals surface area contributed by atoms with E-state index in [1.165, 1.54) is 16.8 Å². The highest BCUT2D eigenvalue weighted by atomic mass is 19.0. The smallest absolute Gasteiger partial charge is 0.135 e. The van der Waals surface area contributed by atoms with Crippen molar-refractivity contribution in [2.24, 2.45) is 0 Å². The van der Waals surface area contributed by atoms with E-state index in [9.17, 15) is 0 Å². The van der Waals surface area contributed by atoms with E-state index in [-0.39, 0.29) is 28.2 Å². The van der Waals surface area contributed by atoms with Crippen molar-refractivity contribution in [3.05, 3.63) is 59.7 Å². The monoisotopic (exact) mass is 376 g/mol. The summed E-state index contributed by atoms with van der Waals surface area (Å²) in [6, 6.07) is 16.9. The minimum absolute atomic E-state index is 0. The van der Waals surface area contributed by atoms with E-state index >= 15 is 0 Å². The van der Waals surface area contributed by atoms with Gasteiger partial charge >= 0.3 is 0 Å². The highest BCUT2D eigenvalue weighted by Gasteiger charge is 2.21. The second-order valence-electron chi connectivity index (χ2n) is 5.48. The molecule has 2 rings (SSSR count). The third-order valence-corrected chi connectivity index (χ3v) is 3.50. The summed E-state index contributed by atoms with van der Waals surface area (Å²) in [5.41, 5.74) is 4.01. The molecule has 0 saturated carbocycles. The summed E-state index contributed by atoms with van der Waals surface area (Å²) < 4.78 is 6.04. The van der Waals surface area contributed by atoms with Crippen LogP contribution in [0.2, 0.25) is 0 Å². The predicted octanol–water partition coefficient (Wildman–Crippen LogP) is 4.69. The fourth-order valence-electron chi connectivity index (χ4n) is 2.52. The molecule has 0 aliphatic rings. The highest BCUT2D eigenvalue weighted by molar-refractivity contribution is 5.49. The predicted molar refractivity (Wildman–Crippen MR) is 96.5 cm³/mol. The molecule has 25 heavy (non-hydrogen) atoms. The highest BCUT2D eigenvalue weighted by Crippen LogP contribution is 2.26. The van der Waals surface area contributed by atoms with E-state index in [1.54, 1.807) is 7.11 Å². The SMILES string of the molecule is COc1ccc(C[N+](C)(C)c2ccccc2C)cc1.F.F.F.F.F.F. The van der Waals surface area contributed by atoms with Crippen LogP contribution in [0.25, 0.3) is 0 Å². The summed E-state index contributed by atoms with van der Waals surface area (Å²) in [6.45, 7) is 3.14. The summed E-state index contributed by atoms with van der Waals surface area (Å²) in [5, 5.41) is 0. The number of aryl methyl sites for hydroxylation is 1. The molecular formula is C17H28F6NO+. The molecule has 0 radical (unpaired) electrons. The number of quaternary nitrogens is 1. The first-order valence-corrected chi connectivity index (χ1v) is 6.55. The Bertz CT molecular complexity index is 563. The maximum absolute atomic E-state index is 5.20. The van der Waals surface area contributed by atoms with Crippen LogP contribution in [0.5, 0.6) is 5.75 Å². The molecule has 0 fully saturated rings. The van der Waals surface area contributed by atoms with Crippen molar-refractivity contribution in [2.45, 2.75) is 13.5 Å². The van der Waals surface area contributed by atoms with Gasteiger partial charge in [-0.3, -0.25) is 32.7 Å². The first-order chi connectivity index (χ1) is 9.03. The van der Waals surface area contributed by atoms with Crippen LogP contribution in [0.3, 0.4) is 0 Å². The average molecular weight is 376 g/mol. The third kappa shape index (κ3) is 8.44. The number of methoxy groups -OCH3 is 1. The maximum Gasteiger partial charge on any atom is 0.135 e. The topological polar surface area (TPSA) is 9.23 Å². The quantitative estimate of drug-likeness (QED) is 0.556. The molecule has 2 nitrogen and oxygen atoms in total. The van der Waals surface area contributed by atoms with Crippen LogP contribution in [0.4, 0.5) is 33.9 Å². The van der Waals surface area contributed by atoms with Crippen molar-refractivity contribution in [1.82, 2.24) is 4.48 Å². The zero-order valence-electron chi connectivity index (χ0n) is 14.6. The molecule has 0 heterocycles. The molecule has 2 aromatic carbocycles. The lowest BCUT2D eigenvalue weighted by atomic mass is 10.1. The van der Waals surface area contributed by atoms with Gasteiger partial charge in [0.2, 0.25) is 0 Å². The van der Waals surface area contributed by atoms with Gasteiger partial charge in [-0.25, -0.2) is 0 Å². The normalized spacial score (nSPS) is 8.64. The Labute approximate surface area is 144 Å². The summed E-state index contributed by atoms with van der Waals surface area (Å²) in [4.78, 5) is 0. The van der Waals surface area contributed by atoms with Crippen LogP contribution in [0.1, 0.15) is 11.1 Å². The molecule has 0 saturated heterocycles. The van der Waals surface area contributed by atoms with Gasteiger partial charge in [-0.2, -0.15) is 0 Å². The van der Waals surface area contributed by atoms with Crippen LogP contribution in [-0.2, 0) is 6.54 Å². The molecule has 2 aromatic rings. The van der Waals surface area contributed by atoms with Crippen molar-refractivity contribution < 1.29 is 33.0 Å². The molecule has 0 bridgehead atoms. The summed E-state index contributed by atoms with van der Waals surface area (Å²) >= 11 is 0. The van der Waals surface area contributed by atoms with Gasteiger partial charge in [0.1, 0.15) is 18.0 Å². The van der Waals surface area contributed by atoms with Crippen molar-refractivity contribution in [3.8, 4) is 5.75 Å². The molecule has 0 amide bonds. The largest absolute Gasteiger partial charge is 0.497 e. The van der Waals surface area contributed by atoms with Gasteiger partial charge in [0.25, 0.3) is 0 Å². The fourth-order valence-corrected chi connectivity index (χ4v) is 2.52. The van der Waals surface area contributed by atoms with Gasteiger partial charge in [-0.05, 0) is 37.3 Å². The molecule has 0 unspecified atom stereocenters. The van der Waals surface area contributed by atoms with Crippen LogP contribution in [0, 0.1) is 6.92 Å². The molecule has 0 aromatic heterocycles. The van der Waals surface area contributed by atoms with Gasteiger partial charge in [0, 0.05) is 11.1 Å². The fraction of sp³-hybridized carbons (Fsp3) is 0.294. The zero-order chi connectivity index (χ0) is 13.9. The number of benzene rings is 2. The molecule has 0 atom stereocenters. The molecule has 8 heteroatoms. The van der Waals surface area contributed by atoms with Crippen molar-refractivity contribution in [2.75, 3.05) is 21.2 Å². The first kappa shape index (κ1) is 34.2. The van der Waals surface area contributed by atoms with E-state index in [0.717, 1.165) is 16.8 Å². The Morgan fingerprint density at radius 3 is 1.68 bits per heavy atom. The van der Waals surface area contributed by atoms with Crippen molar-refractivity contribution >= 4 is 5.69 Å². The van der Waals surface area contributed by atoms with Gasteiger partial charge in [-0.1, -0.05) is 18.2 Å². The number of ether oxygens (including phenoxy) is 1. The Morgan fingerprint density at radius 1 is 0.760 bits per heavy atom. The lowest BCUT2D eigenvalue weighted by Gasteiger charge is -2.30. The number of nitrogens with zero attached hydrogens (tertiary/aromatic N) is 1. The van der Waals surface area contributed by atoms with Gasteiger partial charge in [0.15, 0.2) is 0 Å². The average Bonchev–Trinajstić information content (AvgIpc) is 2.39. The van der Waals surface area contributed by atoms with E-state index in [0.29, 0.717) is 0 Å².